The SMILES string of the molecule is COC(=O)NC(=O)[C@@H](C)OC(=O)/C=C/c1c(C)nn(Cc2ccc(C)cc2)c1Cl. The minimum atomic E-state index is -1.17. The number of esters is 1. The Bertz CT molecular complexity index is 934. The van der Waals surface area contributed by atoms with E-state index in [0.717, 1.165) is 24.3 Å². The number of nitrogens with zero attached hydrogens (tertiary/aromatic N) is 2. The van der Waals surface area contributed by atoms with Crippen molar-refractivity contribution in [2.45, 2.75) is 33.4 Å². The van der Waals surface area contributed by atoms with Crippen molar-refractivity contribution in [1.82, 2.24) is 15.1 Å². The van der Waals surface area contributed by atoms with Gasteiger partial charge in [0, 0.05) is 11.6 Å². The van der Waals surface area contributed by atoms with Gasteiger partial charge in [-0.1, -0.05) is 41.4 Å². The molecule has 0 spiro atoms. The van der Waals surface area contributed by atoms with Crippen LogP contribution >= 0.6 is 11.6 Å². The summed E-state index contributed by atoms with van der Waals surface area (Å²) in [5.74, 6) is -1.56. The molecule has 2 aromatic rings. The van der Waals surface area contributed by atoms with Gasteiger partial charge in [-0.3, -0.25) is 10.1 Å². The fourth-order valence-corrected chi connectivity index (χ4v) is 2.70. The van der Waals surface area contributed by atoms with Crippen molar-refractivity contribution < 1.29 is 23.9 Å². The number of halogens is 1. The van der Waals surface area contributed by atoms with Gasteiger partial charge >= 0.3 is 12.1 Å². The second kappa shape index (κ2) is 9.88. The first-order chi connectivity index (χ1) is 13.7. The normalized spacial score (nSPS) is 11.9. The third kappa shape index (κ3) is 6.18. The van der Waals surface area contributed by atoms with Crippen molar-refractivity contribution in [3.8, 4) is 0 Å². The van der Waals surface area contributed by atoms with Gasteiger partial charge in [-0.2, -0.15) is 5.10 Å². The Balaban J connectivity index is 2.03. The summed E-state index contributed by atoms with van der Waals surface area (Å²) in [4.78, 5) is 34.7. The molecule has 0 unspecified atom stereocenters. The number of rotatable bonds is 6. The van der Waals surface area contributed by atoms with Gasteiger partial charge in [-0.15, -0.1) is 0 Å². The number of methoxy groups -OCH3 is 1. The fraction of sp³-hybridized carbons (Fsp3) is 0.300. The zero-order chi connectivity index (χ0) is 21.6. The van der Waals surface area contributed by atoms with Crippen molar-refractivity contribution in [3.63, 3.8) is 0 Å². The van der Waals surface area contributed by atoms with E-state index in [1.807, 2.05) is 36.5 Å². The molecule has 0 saturated carbocycles. The predicted octanol–water partition coefficient (Wildman–Crippen LogP) is 3.03. The average Bonchev–Trinajstić information content (AvgIpc) is 2.94. The number of hydrogen-bond donors (Lipinski definition) is 1. The molecule has 29 heavy (non-hydrogen) atoms. The van der Waals surface area contributed by atoms with Gasteiger partial charge in [0.25, 0.3) is 5.91 Å². The number of aromatic nitrogens is 2. The number of imide groups is 1. The van der Waals surface area contributed by atoms with Gasteiger partial charge in [0.1, 0.15) is 5.15 Å². The Morgan fingerprint density at radius 1 is 1.24 bits per heavy atom. The molecule has 1 aromatic heterocycles. The van der Waals surface area contributed by atoms with Gasteiger partial charge in [-0.05, 0) is 32.4 Å². The number of amides is 2. The lowest BCUT2D eigenvalue weighted by atomic mass is 10.1. The number of carbonyl (C=O) groups excluding carboxylic acids is 3. The third-order valence-corrected chi connectivity index (χ3v) is 4.42. The first kappa shape index (κ1) is 22.2. The zero-order valence-electron chi connectivity index (χ0n) is 16.6. The van der Waals surface area contributed by atoms with Crippen LogP contribution in [0.2, 0.25) is 5.15 Å². The lowest BCUT2D eigenvalue weighted by Crippen LogP contribution is -2.39. The van der Waals surface area contributed by atoms with Crippen LogP contribution in [-0.4, -0.2) is 41.0 Å². The molecule has 0 radical (unpaired) electrons. The molecular formula is C20H22ClN3O5. The molecule has 154 valence electrons. The second-order valence-electron chi connectivity index (χ2n) is 6.33. The van der Waals surface area contributed by atoms with E-state index in [2.05, 4.69) is 9.84 Å². The molecule has 9 heteroatoms. The van der Waals surface area contributed by atoms with Crippen molar-refractivity contribution in [2.75, 3.05) is 7.11 Å². The van der Waals surface area contributed by atoms with Crippen LogP contribution in [0, 0.1) is 13.8 Å². The Hall–Kier alpha value is -3.13. The van der Waals surface area contributed by atoms with Gasteiger partial charge in [0.2, 0.25) is 0 Å². The highest BCUT2D eigenvalue weighted by Crippen LogP contribution is 2.22. The number of benzene rings is 1. The molecule has 0 aliphatic rings. The van der Waals surface area contributed by atoms with Crippen LogP contribution in [0.4, 0.5) is 4.79 Å². The van der Waals surface area contributed by atoms with E-state index in [1.165, 1.54) is 13.0 Å². The van der Waals surface area contributed by atoms with Crippen molar-refractivity contribution >= 4 is 35.6 Å². The summed E-state index contributed by atoms with van der Waals surface area (Å²) >= 11 is 6.41. The van der Waals surface area contributed by atoms with E-state index >= 15 is 0 Å². The van der Waals surface area contributed by atoms with Crippen LogP contribution in [0.15, 0.2) is 30.3 Å². The summed E-state index contributed by atoms with van der Waals surface area (Å²) in [6, 6.07) is 8.01. The van der Waals surface area contributed by atoms with Crippen molar-refractivity contribution in [1.29, 1.82) is 0 Å². The van der Waals surface area contributed by atoms with E-state index < -0.39 is 24.1 Å². The molecule has 8 nitrogen and oxygen atoms in total. The van der Waals surface area contributed by atoms with E-state index in [4.69, 9.17) is 16.3 Å². The van der Waals surface area contributed by atoms with Gasteiger partial charge in [0.05, 0.1) is 19.3 Å². The highest BCUT2D eigenvalue weighted by Gasteiger charge is 2.19. The Morgan fingerprint density at radius 3 is 2.52 bits per heavy atom. The van der Waals surface area contributed by atoms with Gasteiger partial charge < -0.3 is 9.47 Å². The van der Waals surface area contributed by atoms with E-state index in [1.54, 1.807) is 11.6 Å². The summed E-state index contributed by atoms with van der Waals surface area (Å²) in [5.41, 5.74) is 3.42. The summed E-state index contributed by atoms with van der Waals surface area (Å²) in [7, 11) is 1.12. The van der Waals surface area contributed by atoms with Crippen LogP contribution in [-0.2, 0) is 25.6 Å². The summed E-state index contributed by atoms with van der Waals surface area (Å²) in [6.45, 7) is 5.61. The second-order valence-corrected chi connectivity index (χ2v) is 6.68. The molecule has 0 aliphatic carbocycles. The first-order valence-electron chi connectivity index (χ1n) is 8.77. The molecule has 0 fully saturated rings. The number of alkyl carbamates (subject to hydrolysis) is 1. The van der Waals surface area contributed by atoms with Gasteiger partial charge in [0.15, 0.2) is 6.10 Å². The molecule has 1 atom stereocenters. The molecule has 0 saturated heterocycles. The highest BCUT2D eigenvalue weighted by atomic mass is 35.5. The summed E-state index contributed by atoms with van der Waals surface area (Å²) < 4.78 is 10.9. The summed E-state index contributed by atoms with van der Waals surface area (Å²) in [5, 5.41) is 6.70. The highest BCUT2D eigenvalue weighted by molar-refractivity contribution is 6.31. The number of aryl methyl sites for hydroxylation is 2. The smallest absolute Gasteiger partial charge is 0.413 e. The minimum absolute atomic E-state index is 0.378. The van der Waals surface area contributed by atoms with Gasteiger partial charge in [-0.25, -0.2) is 14.3 Å². The maximum Gasteiger partial charge on any atom is 0.413 e. The Morgan fingerprint density at radius 2 is 1.90 bits per heavy atom. The predicted molar refractivity (Wildman–Crippen MR) is 107 cm³/mol. The molecule has 0 aliphatic heterocycles. The topological polar surface area (TPSA) is 99.5 Å². The largest absolute Gasteiger partial charge is 0.453 e. The van der Waals surface area contributed by atoms with E-state index in [9.17, 15) is 14.4 Å². The van der Waals surface area contributed by atoms with E-state index in [0.29, 0.717) is 23.0 Å². The van der Waals surface area contributed by atoms with Crippen LogP contribution in [0.5, 0.6) is 0 Å². The number of nitrogens with one attached hydrogen (secondary N) is 1. The van der Waals surface area contributed by atoms with Crippen LogP contribution < -0.4 is 5.32 Å². The number of carbonyl (C=O) groups is 3. The van der Waals surface area contributed by atoms with Crippen molar-refractivity contribution in [2.24, 2.45) is 0 Å². The van der Waals surface area contributed by atoms with Crippen molar-refractivity contribution in [3.05, 3.63) is 57.9 Å². The summed E-state index contributed by atoms with van der Waals surface area (Å²) in [6.07, 6.45) is 0.515. The molecule has 0 bridgehead atoms. The fourth-order valence-electron chi connectivity index (χ4n) is 2.40. The first-order valence-corrected chi connectivity index (χ1v) is 9.15. The Kier molecular flexibility index (Phi) is 7.55. The average molecular weight is 420 g/mol. The maximum atomic E-state index is 12.0. The maximum absolute atomic E-state index is 12.0. The Labute approximate surface area is 173 Å². The lowest BCUT2D eigenvalue weighted by Gasteiger charge is -2.10. The monoisotopic (exact) mass is 419 g/mol. The lowest BCUT2D eigenvalue weighted by molar-refractivity contribution is -0.149. The molecule has 1 N–H and O–H groups in total. The standard InChI is InChI=1S/C20H22ClN3O5/c1-12-5-7-15(8-6-12)11-24-18(21)16(13(2)23-24)9-10-17(25)29-14(3)19(26)22-20(27)28-4/h5-10,14H,11H2,1-4H3,(H,22,26,27)/b10-9+/t14-/m1/s1. The van der Waals surface area contributed by atoms with Crippen LogP contribution in [0.25, 0.3) is 6.08 Å². The van der Waals surface area contributed by atoms with Crippen LogP contribution in [0.3, 0.4) is 0 Å². The molecule has 2 amide bonds. The molecule has 2 rings (SSSR count). The van der Waals surface area contributed by atoms with E-state index in [-0.39, 0.29) is 0 Å². The quantitative estimate of drug-likeness (QED) is 0.570. The third-order valence-electron chi connectivity index (χ3n) is 4.02. The number of hydrogen-bond acceptors (Lipinski definition) is 6. The zero-order valence-corrected chi connectivity index (χ0v) is 17.3. The molecule has 1 heterocycles. The molecular weight excluding hydrogens is 398 g/mol. The van der Waals surface area contributed by atoms with Crippen LogP contribution in [0.1, 0.15) is 29.3 Å². The molecule has 1 aromatic carbocycles. The number of ether oxygens (including phenoxy) is 2. The minimum Gasteiger partial charge on any atom is -0.453 e.